The molecular weight excluding hydrogens is 1090 g/mol. The van der Waals surface area contributed by atoms with Gasteiger partial charge in [0.2, 0.25) is 0 Å². The number of aliphatic hydroxyl groups is 1. The molecule has 0 saturated carbocycles. The SMILES string of the molecule is CCCCCCCCCCCCCCC(=O)OC[C@H](COP(=O)(O)OC[C@@H](O)COP(=O)(O)OC[C@@H](COC(=O)CCCCCCCCC)OC(=O)CCCCCCCCCCC(C)C)OC(=O)CCCCCCCCCCCCCC. The maximum atomic E-state index is 13.0. The monoisotopic (exact) mass is 1210 g/mol. The molecule has 0 aromatic heterocycles. The molecule has 486 valence electrons. The summed E-state index contributed by atoms with van der Waals surface area (Å²) in [6.07, 6.45) is 40.3. The van der Waals surface area contributed by atoms with Gasteiger partial charge in [0.1, 0.15) is 19.3 Å². The Balaban J connectivity index is 5.22. The van der Waals surface area contributed by atoms with Crippen molar-refractivity contribution < 1.29 is 80.2 Å². The van der Waals surface area contributed by atoms with Gasteiger partial charge in [0.15, 0.2) is 12.2 Å². The van der Waals surface area contributed by atoms with E-state index in [9.17, 15) is 43.2 Å². The molecule has 0 aliphatic rings. The lowest BCUT2D eigenvalue weighted by Gasteiger charge is -2.21. The molecule has 2 unspecified atom stereocenters. The number of carbonyl (C=O) groups excluding carboxylic acids is 4. The first-order chi connectivity index (χ1) is 39.5. The second-order valence-corrected chi connectivity index (χ2v) is 26.2. The molecule has 0 amide bonds. The molecule has 0 bridgehead atoms. The third-order valence-corrected chi connectivity index (χ3v) is 16.4. The molecule has 17 nitrogen and oxygen atoms in total. The number of ether oxygens (including phenoxy) is 4. The number of hydrogen-bond donors (Lipinski definition) is 3. The van der Waals surface area contributed by atoms with Crippen LogP contribution in [0.3, 0.4) is 0 Å². The normalized spacial score (nSPS) is 14.3. The Labute approximate surface area is 498 Å². The average molecular weight is 1210 g/mol. The second kappa shape index (κ2) is 56.8. The van der Waals surface area contributed by atoms with Crippen molar-refractivity contribution in [3.63, 3.8) is 0 Å². The van der Waals surface area contributed by atoms with E-state index in [1.54, 1.807) is 0 Å². The summed E-state index contributed by atoms with van der Waals surface area (Å²) in [6, 6.07) is 0. The molecular formula is C63H122O17P2. The third-order valence-electron chi connectivity index (χ3n) is 14.5. The minimum Gasteiger partial charge on any atom is -0.462 e. The van der Waals surface area contributed by atoms with Gasteiger partial charge in [-0.1, -0.05) is 266 Å². The van der Waals surface area contributed by atoms with Gasteiger partial charge in [0, 0.05) is 25.7 Å². The average Bonchev–Trinajstić information content (AvgIpc) is 3.45. The Morgan fingerprint density at radius 3 is 0.829 bits per heavy atom. The Morgan fingerprint density at radius 1 is 0.329 bits per heavy atom. The fourth-order valence-electron chi connectivity index (χ4n) is 9.41. The summed E-state index contributed by atoms with van der Waals surface area (Å²) in [5, 5.41) is 10.5. The molecule has 19 heteroatoms. The molecule has 3 N–H and O–H groups in total. The van der Waals surface area contributed by atoms with E-state index in [1.807, 2.05) is 0 Å². The largest absolute Gasteiger partial charge is 0.472 e. The van der Waals surface area contributed by atoms with Crippen molar-refractivity contribution in [2.75, 3.05) is 39.6 Å². The van der Waals surface area contributed by atoms with Crippen LogP contribution < -0.4 is 0 Å². The van der Waals surface area contributed by atoms with Gasteiger partial charge in [-0.3, -0.25) is 37.3 Å². The molecule has 82 heavy (non-hydrogen) atoms. The van der Waals surface area contributed by atoms with Crippen LogP contribution in [0.2, 0.25) is 0 Å². The quantitative estimate of drug-likeness (QED) is 0.0222. The Kier molecular flexibility index (Phi) is 55.5. The minimum absolute atomic E-state index is 0.104. The van der Waals surface area contributed by atoms with Crippen LogP contribution in [0.5, 0.6) is 0 Å². The zero-order valence-electron chi connectivity index (χ0n) is 52.6. The standard InChI is InChI=1S/C63H122O17P2/c1-6-9-12-15-18-20-22-24-26-32-37-42-47-61(66)74-53-59(79-62(67)48-43-38-33-27-25-23-21-19-16-13-10-7-2)55-78-82(71,72)76-51-57(64)50-75-81(69,70)77-54-58(52-73-60(65)46-41-36-30-17-14-11-8-3)80-63(68)49-44-39-34-29-28-31-35-40-45-56(4)5/h56-59,64H,6-55H2,1-5H3,(H,69,70)(H,71,72)/t57-,58+,59+/m0/s1. The highest BCUT2D eigenvalue weighted by Gasteiger charge is 2.30. The van der Waals surface area contributed by atoms with E-state index >= 15 is 0 Å². The highest BCUT2D eigenvalue weighted by Crippen LogP contribution is 2.45. The van der Waals surface area contributed by atoms with Crippen LogP contribution >= 0.6 is 15.6 Å². The number of unbranched alkanes of at least 4 members (excludes halogenated alkanes) is 35. The predicted octanol–water partition coefficient (Wildman–Crippen LogP) is 17.4. The van der Waals surface area contributed by atoms with E-state index in [4.69, 9.17) is 37.0 Å². The summed E-state index contributed by atoms with van der Waals surface area (Å²) in [6.45, 7) is 7.11. The predicted molar refractivity (Wildman–Crippen MR) is 326 cm³/mol. The van der Waals surface area contributed by atoms with Crippen molar-refractivity contribution in [1.82, 2.24) is 0 Å². The first-order valence-electron chi connectivity index (χ1n) is 33.1. The number of aliphatic hydroxyl groups excluding tert-OH is 1. The van der Waals surface area contributed by atoms with Crippen molar-refractivity contribution in [2.24, 2.45) is 5.92 Å². The summed E-state index contributed by atoms with van der Waals surface area (Å²) < 4.78 is 67.9. The first-order valence-corrected chi connectivity index (χ1v) is 36.1. The maximum absolute atomic E-state index is 13.0. The molecule has 0 radical (unpaired) electrons. The van der Waals surface area contributed by atoms with E-state index in [0.717, 1.165) is 109 Å². The van der Waals surface area contributed by atoms with E-state index in [2.05, 4.69) is 34.6 Å². The lowest BCUT2D eigenvalue weighted by atomic mass is 10.0. The molecule has 0 heterocycles. The van der Waals surface area contributed by atoms with Crippen LogP contribution in [-0.2, 0) is 65.4 Å². The van der Waals surface area contributed by atoms with Gasteiger partial charge in [-0.15, -0.1) is 0 Å². The van der Waals surface area contributed by atoms with Gasteiger partial charge < -0.3 is 33.8 Å². The molecule has 0 aromatic carbocycles. The van der Waals surface area contributed by atoms with E-state index in [1.165, 1.54) is 128 Å². The van der Waals surface area contributed by atoms with Crippen molar-refractivity contribution in [3.8, 4) is 0 Å². The third kappa shape index (κ3) is 57.2. The Morgan fingerprint density at radius 2 is 0.561 bits per heavy atom. The highest BCUT2D eigenvalue weighted by molar-refractivity contribution is 7.47. The molecule has 0 spiro atoms. The van der Waals surface area contributed by atoms with Crippen LogP contribution in [0.15, 0.2) is 0 Å². The zero-order chi connectivity index (χ0) is 60.6. The maximum Gasteiger partial charge on any atom is 0.472 e. The molecule has 0 aliphatic carbocycles. The summed E-state index contributed by atoms with van der Waals surface area (Å²) in [5.74, 6) is -1.42. The summed E-state index contributed by atoms with van der Waals surface area (Å²) in [7, 11) is -9.88. The smallest absolute Gasteiger partial charge is 0.462 e. The fourth-order valence-corrected chi connectivity index (χ4v) is 11.0. The number of phosphoric acid groups is 2. The topological polar surface area (TPSA) is 237 Å². The van der Waals surface area contributed by atoms with E-state index < -0.39 is 97.5 Å². The van der Waals surface area contributed by atoms with Crippen LogP contribution in [0, 0.1) is 5.92 Å². The van der Waals surface area contributed by atoms with Gasteiger partial charge in [-0.25, -0.2) is 9.13 Å². The minimum atomic E-state index is -4.94. The molecule has 0 aliphatic heterocycles. The summed E-state index contributed by atoms with van der Waals surface area (Å²) >= 11 is 0. The van der Waals surface area contributed by atoms with Gasteiger partial charge >= 0.3 is 39.5 Å². The van der Waals surface area contributed by atoms with Gasteiger partial charge in [-0.05, 0) is 31.6 Å². The number of esters is 4. The van der Waals surface area contributed by atoms with Gasteiger partial charge in [0.05, 0.1) is 26.4 Å². The van der Waals surface area contributed by atoms with Crippen LogP contribution in [-0.4, -0.2) is 96.7 Å². The van der Waals surface area contributed by atoms with Crippen LogP contribution in [0.4, 0.5) is 0 Å². The number of carbonyl (C=O) groups is 4. The fraction of sp³-hybridized carbons (Fsp3) is 0.937. The molecule has 0 aromatic rings. The van der Waals surface area contributed by atoms with E-state index in [0.29, 0.717) is 25.7 Å². The molecule has 5 atom stereocenters. The van der Waals surface area contributed by atoms with Crippen molar-refractivity contribution in [1.29, 1.82) is 0 Å². The zero-order valence-corrected chi connectivity index (χ0v) is 54.4. The second-order valence-electron chi connectivity index (χ2n) is 23.3. The Hall–Kier alpha value is -1.94. The van der Waals surface area contributed by atoms with Crippen molar-refractivity contribution >= 4 is 39.5 Å². The first kappa shape index (κ1) is 80.1. The highest BCUT2D eigenvalue weighted by atomic mass is 31.2. The Bertz CT molecular complexity index is 1600. The molecule has 0 fully saturated rings. The van der Waals surface area contributed by atoms with Crippen LogP contribution in [0.25, 0.3) is 0 Å². The van der Waals surface area contributed by atoms with Crippen LogP contribution in [0.1, 0.15) is 317 Å². The van der Waals surface area contributed by atoms with Crippen molar-refractivity contribution in [3.05, 3.63) is 0 Å². The number of rotatable bonds is 63. The lowest BCUT2D eigenvalue weighted by Crippen LogP contribution is -2.30. The van der Waals surface area contributed by atoms with Gasteiger partial charge in [-0.2, -0.15) is 0 Å². The molecule has 0 rings (SSSR count). The lowest BCUT2D eigenvalue weighted by molar-refractivity contribution is -0.161. The van der Waals surface area contributed by atoms with E-state index in [-0.39, 0.29) is 25.7 Å². The molecule has 0 saturated heterocycles. The number of phosphoric ester groups is 2. The van der Waals surface area contributed by atoms with Crippen molar-refractivity contribution in [2.45, 2.75) is 335 Å². The summed E-state index contributed by atoms with van der Waals surface area (Å²) in [4.78, 5) is 72.1. The number of hydrogen-bond acceptors (Lipinski definition) is 15. The van der Waals surface area contributed by atoms with Gasteiger partial charge in [0.25, 0.3) is 0 Å². The summed E-state index contributed by atoms with van der Waals surface area (Å²) in [5.41, 5.74) is 0.